The molecule has 0 atom stereocenters. The first-order valence-corrected chi connectivity index (χ1v) is 8.24. The maximum atomic E-state index is 4.24. The third-order valence-electron chi connectivity index (χ3n) is 4.10. The summed E-state index contributed by atoms with van der Waals surface area (Å²) in [4.78, 5) is 2.47. The molecule has 118 valence electrons. The first kappa shape index (κ1) is 16.6. The van der Waals surface area contributed by atoms with Crippen LogP contribution in [0.25, 0.3) is 0 Å². The number of nitrogens with zero attached hydrogens (tertiary/aromatic N) is 1. The maximum Gasteiger partial charge on any atom is 0.0227 e. The summed E-state index contributed by atoms with van der Waals surface area (Å²) >= 11 is 0. The smallest absolute Gasteiger partial charge is 0.0227 e. The van der Waals surface area contributed by atoms with Crippen molar-refractivity contribution in [3.8, 4) is 0 Å². The summed E-state index contributed by atoms with van der Waals surface area (Å²) < 4.78 is 0. The van der Waals surface area contributed by atoms with Crippen LogP contribution in [0.2, 0.25) is 0 Å². The Balaban J connectivity index is 0.000000545. The highest BCUT2D eigenvalue weighted by Gasteiger charge is 2.26. The minimum Gasteiger partial charge on any atom is -0.349 e. The molecule has 1 aromatic carbocycles. The van der Waals surface area contributed by atoms with Crippen molar-refractivity contribution in [1.82, 2.24) is 10.2 Å². The van der Waals surface area contributed by atoms with Crippen molar-refractivity contribution in [2.24, 2.45) is 0 Å². The molecule has 0 spiro atoms. The molecule has 0 fully saturated rings. The van der Waals surface area contributed by atoms with Crippen LogP contribution in [0.4, 0.5) is 0 Å². The van der Waals surface area contributed by atoms with Crippen molar-refractivity contribution in [2.45, 2.75) is 32.6 Å². The second-order valence-electron chi connectivity index (χ2n) is 5.87. The van der Waals surface area contributed by atoms with E-state index >= 15 is 0 Å². The van der Waals surface area contributed by atoms with Crippen molar-refractivity contribution >= 4 is 0 Å². The predicted octanol–water partition coefficient (Wildman–Crippen LogP) is 4.28. The van der Waals surface area contributed by atoms with Crippen molar-refractivity contribution in [2.75, 3.05) is 19.6 Å². The molecule has 2 aliphatic rings. The summed E-state index contributed by atoms with van der Waals surface area (Å²) in [5, 5.41) is 3.45. The van der Waals surface area contributed by atoms with E-state index in [1.807, 2.05) is 6.92 Å². The van der Waals surface area contributed by atoms with Gasteiger partial charge in [-0.25, -0.2) is 0 Å². The van der Waals surface area contributed by atoms with Gasteiger partial charge < -0.3 is 10.2 Å². The van der Waals surface area contributed by atoms with Gasteiger partial charge in [-0.3, -0.25) is 0 Å². The molecule has 0 aliphatic carbocycles. The average molecular weight is 296 g/mol. The minimum absolute atomic E-state index is 1.06. The van der Waals surface area contributed by atoms with Gasteiger partial charge in [-0.15, -0.1) is 6.58 Å². The molecule has 0 aromatic heterocycles. The molecule has 2 aliphatic heterocycles. The Labute approximate surface area is 135 Å². The quantitative estimate of drug-likeness (QED) is 0.834. The number of aryl methyl sites for hydroxylation is 1. The zero-order valence-corrected chi connectivity index (χ0v) is 13.8. The van der Waals surface area contributed by atoms with Crippen LogP contribution in [-0.2, 0) is 6.42 Å². The van der Waals surface area contributed by atoms with Gasteiger partial charge in [0.05, 0.1) is 0 Å². The Bertz CT molecular complexity index is 528. The summed E-state index contributed by atoms with van der Waals surface area (Å²) in [7, 11) is 0. The Hall–Kier alpha value is -1.80. The second kappa shape index (κ2) is 8.60. The Morgan fingerprint density at radius 2 is 2.00 bits per heavy atom. The van der Waals surface area contributed by atoms with E-state index in [2.05, 4.69) is 53.7 Å². The van der Waals surface area contributed by atoms with Crippen LogP contribution < -0.4 is 5.32 Å². The lowest BCUT2D eigenvalue weighted by Crippen LogP contribution is -2.28. The molecule has 2 nitrogen and oxygen atoms in total. The standard InChI is InChI=1S/C17H22N2.C3H6/c1-14-12-16-13-18-10-9-17(16)19(14)11-5-8-15-6-3-2-4-7-15;1-3-2/h2-4,6-7,18H,1,5,8-13H2;3H,1H2,2H3. The van der Waals surface area contributed by atoms with Crippen molar-refractivity contribution in [3.05, 3.63) is 72.1 Å². The SMILES string of the molecule is C=C1CC2=C(CCNC2)N1CCCc1ccccc1.C=CC. The van der Waals surface area contributed by atoms with Gasteiger partial charge in [0.1, 0.15) is 0 Å². The fourth-order valence-corrected chi connectivity index (χ4v) is 3.13. The summed E-state index contributed by atoms with van der Waals surface area (Å²) in [6.45, 7) is 12.8. The maximum absolute atomic E-state index is 4.24. The van der Waals surface area contributed by atoms with Gasteiger partial charge >= 0.3 is 0 Å². The fourth-order valence-electron chi connectivity index (χ4n) is 3.13. The highest BCUT2D eigenvalue weighted by Crippen LogP contribution is 2.33. The molecule has 2 heterocycles. The lowest BCUT2D eigenvalue weighted by molar-refractivity contribution is 0.411. The fraction of sp³-hybridized carbons (Fsp3) is 0.400. The molecule has 22 heavy (non-hydrogen) atoms. The zero-order valence-electron chi connectivity index (χ0n) is 13.8. The van der Waals surface area contributed by atoms with E-state index in [1.54, 1.807) is 17.3 Å². The molecule has 0 unspecified atom stereocenters. The number of hydrogen-bond donors (Lipinski definition) is 1. The molecule has 1 aromatic rings. The molecule has 0 radical (unpaired) electrons. The van der Waals surface area contributed by atoms with E-state index in [0.717, 1.165) is 32.5 Å². The van der Waals surface area contributed by atoms with Gasteiger partial charge in [0.15, 0.2) is 0 Å². The molecular formula is C20H28N2. The molecule has 0 bridgehead atoms. The zero-order chi connectivity index (χ0) is 15.8. The van der Waals surface area contributed by atoms with Crippen molar-refractivity contribution in [3.63, 3.8) is 0 Å². The number of allylic oxidation sites excluding steroid dienone is 2. The molecule has 3 rings (SSSR count). The van der Waals surface area contributed by atoms with E-state index in [9.17, 15) is 0 Å². The van der Waals surface area contributed by atoms with Crippen LogP contribution >= 0.6 is 0 Å². The van der Waals surface area contributed by atoms with E-state index in [1.165, 1.54) is 24.1 Å². The van der Waals surface area contributed by atoms with Gasteiger partial charge in [-0.1, -0.05) is 43.0 Å². The van der Waals surface area contributed by atoms with E-state index in [4.69, 9.17) is 0 Å². The van der Waals surface area contributed by atoms with E-state index in [-0.39, 0.29) is 0 Å². The highest BCUT2D eigenvalue weighted by molar-refractivity contribution is 5.32. The van der Waals surface area contributed by atoms with Gasteiger partial charge in [0.25, 0.3) is 0 Å². The summed E-state index contributed by atoms with van der Waals surface area (Å²) in [5.74, 6) is 0. The van der Waals surface area contributed by atoms with Crippen LogP contribution in [0.1, 0.15) is 31.7 Å². The number of rotatable bonds is 4. The molecular weight excluding hydrogens is 268 g/mol. The van der Waals surface area contributed by atoms with Crippen LogP contribution in [0, 0.1) is 0 Å². The van der Waals surface area contributed by atoms with Gasteiger partial charge in [0, 0.05) is 43.9 Å². The van der Waals surface area contributed by atoms with Crippen LogP contribution in [0.5, 0.6) is 0 Å². The number of hydrogen-bond acceptors (Lipinski definition) is 2. The van der Waals surface area contributed by atoms with Gasteiger partial charge in [-0.2, -0.15) is 0 Å². The van der Waals surface area contributed by atoms with Gasteiger partial charge in [0.2, 0.25) is 0 Å². The highest BCUT2D eigenvalue weighted by atomic mass is 15.2. The monoisotopic (exact) mass is 296 g/mol. The lowest BCUT2D eigenvalue weighted by atomic mass is 10.1. The summed E-state index contributed by atoms with van der Waals surface area (Å²) in [6, 6.07) is 10.8. The van der Waals surface area contributed by atoms with E-state index in [0.29, 0.717) is 0 Å². The molecule has 0 saturated heterocycles. The van der Waals surface area contributed by atoms with Crippen LogP contribution in [0.15, 0.2) is 66.5 Å². The molecule has 1 N–H and O–H groups in total. The third kappa shape index (κ3) is 4.35. The Morgan fingerprint density at radius 3 is 2.73 bits per heavy atom. The molecule has 2 heteroatoms. The van der Waals surface area contributed by atoms with E-state index < -0.39 is 0 Å². The van der Waals surface area contributed by atoms with Crippen molar-refractivity contribution in [1.29, 1.82) is 0 Å². The molecule has 0 saturated carbocycles. The summed E-state index contributed by atoms with van der Waals surface area (Å²) in [6.07, 6.45) is 6.35. The first-order chi connectivity index (χ1) is 10.8. The topological polar surface area (TPSA) is 15.3 Å². The minimum atomic E-state index is 1.06. The second-order valence-corrected chi connectivity index (χ2v) is 5.87. The van der Waals surface area contributed by atoms with Crippen molar-refractivity contribution < 1.29 is 0 Å². The number of nitrogens with one attached hydrogen (secondary N) is 1. The summed E-state index contributed by atoms with van der Waals surface area (Å²) in [5.41, 5.74) is 5.85. The number of benzene rings is 1. The third-order valence-corrected chi connectivity index (χ3v) is 4.10. The van der Waals surface area contributed by atoms with Crippen LogP contribution in [-0.4, -0.2) is 24.5 Å². The predicted molar refractivity (Wildman–Crippen MR) is 95.6 cm³/mol. The first-order valence-electron chi connectivity index (χ1n) is 8.24. The van der Waals surface area contributed by atoms with Gasteiger partial charge in [-0.05, 0) is 30.9 Å². The average Bonchev–Trinajstić information content (AvgIpc) is 2.85. The molecule has 0 amide bonds. The Morgan fingerprint density at radius 1 is 1.27 bits per heavy atom. The van der Waals surface area contributed by atoms with Crippen LogP contribution in [0.3, 0.4) is 0 Å². The largest absolute Gasteiger partial charge is 0.349 e. The lowest BCUT2D eigenvalue weighted by Gasteiger charge is -2.26. The normalized spacial score (nSPS) is 17.0. The Kier molecular flexibility index (Phi) is 6.47.